The molecule has 140 valence electrons. The summed E-state index contributed by atoms with van der Waals surface area (Å²) >= 11 is 0. The average molecular weight is 364 g/mol. The Morgan fingerprint density at radius 2 is 1.88 bits per heavy atom. The Kier molecular flexibility index (Phi) is 5.08. The molecule has 1 aromatic carbocycles. The molecule has 0 radical (unpaired) electrons. The summed E-state index contributed by atoms with van der Waals surface area (Å²) in [4.78, 5) is 4.45. The fraction of sp³-hybridized carbons (Fsp3) is 0.450. The van der Waals surface area contributed by atoms with Gasteiger partial charge in [0.2, 0.25) is 0 Å². The molecule has 1 atom stereocenters. The number of benzene rings is 1. The van der Waals surface area contributed by atoms with Crippen LogP contribution < -0.4 is 5.32 Å². The van der Waals surface area contributed by atoms with E-state index in [-0.39, 0.29) is 22.7 Å². The zero-order chi connectivity index (χ0) is 19.1. The van der Waals surface area contributed by atoms with Gasteiger partial charge in [-0.25, -0.2) is 18.2 Å². The molecule has 0 bridgehead atoms. The van der Waals surface area contributed by atoms with Gasteiger partial charge in [-0.1, -0.05) is 0 Å². The van der Waals surface area contributed by atoms with Crippen LogP contribution in [0, 0.1) is 23.4 Å². The molecule has 0 saturated heterocycles. The number of likely N-dealkylation sites (N-methyl/N-ethyl adjacent to an activating group) is 1. The zero-order valence-electron chi connectivity index (χ0n) is 15.1. The first kappa shape index (κ1) is 18.9. The van der Waals surface area contributed by atoms with E-state index in [1.807, 2.05) is 7.05 Å². The van der Waals surface area contributed by atoms with Gasteiger partial charge in [-0.15, -0.1) is 0 Å². The predicted octanol–water partition coefficient (Wildman–Crippen LogP) is 4.11. The third-order valence-corrected chi connectivity index (χ3v) is 4.82. The summed E-state index contributed by atoms with van der Waals surface area (Å²) < 4.78 is 42.0. The number of halogens is 3. The lowest BCUT2D eigenvalue weighted by molar-refractivity contribution is 0.0743. The largest absolute Gasteiger partial charge is 0.386 e. The summed E-state index contributed by atoms with van der Waals surface area (Å²) in [7, 11) is 1.84. The molecule has 1 unspecified atom stereocenters. The van der Waals surface area contributed by atoms with Gasteiger partial charge in [0.25, 0.3) is 0 Å². The topological polar surface area (TPSA) is 45.1 Å². The Balaban J connectivity index is 2.18. The van der Waals surface area contributed by atoms with Gasteiger partial charge in [0.15, 0.2) is 17.5 Å². The van der Waals surface area contributed by atoms with Crippen LogP contribution in [-0.4, -0.2) is 23.7 Å². The van der Waals surface area contributed by atoms with Crippen LogP contribution in [0.5, 0.6) is 0 Å². The van der Waals surface area contributed by atoms with Crippen molar-refractivity contribution in [1.82, 2.24) is 10.3 Å². The second-order valence-electron chi connectivity index (χ2n) is 7.45. The quantitative estimate of drug-likeness (QED) is 0.811. The average Bonchev–Trinajstić information content (AvgIpc) is 3.39. The first-order valence-electron chi connectivity index (χ1n) is 8.75. The van der Waals surface area contributed by atoms with Crippen LogP contribution in [-0.2, 0) is 5.60 Å². The molecule has 1 aromatic heterocycles. The highest BCUT2D eigenvalue weighted by atomic mass is 19.2. The Hall–Kier alpha value is -1.92. The van der Waals surface area contributed by atoms with E-state index in [1.54, 1.807) is 6.07 Å². The van der Waals surface area contributed by atoms with Crippen LogP contribution in [0.25, 0.3) is 11.3 Å². The second kappa shape index (κ2) is 7.00. The maximum atomic E-state index is 15.1. The minimum Gasteiger partial charge on any atom is -0.386 e. The number of nitrogens with one attached hydrogen (secondary N) is 1. The maximum absolute atomic E-state index is 15.1. The van der Waals surface area contributed by atoms with Crippen molar-refractivity contribution < 1.29 is 18.3 Å². The number of nitrogens with zero attached hydrogens (tertiary/aromatic N) is 1. The van der Waals surface area contributed by atoms with Crippen LogP contribution in [0.15, 0.2) is 24.3 Å². The van der Waals surface area contributed by atoms with Gasteiger partial charge in [-0.2, -0.15) is 0 Å². The van der Waals surface area contributed by atoms with Crippen LogP contribution in [0.1, 0.15) is 43.9 Å². The maximum Gasteiger partial charge on any atom is 0.159 e. The monoisotopic (exact) mass is 364 g/mol. The fourth-order valence-corrected chi connectivity index (χ4v) is 3.25. The molecule has 3 nitrogen and oxygen atoms in total. The SMILES string of the molecule is CNCC(c1cc(C(C)(C)O)c(F)c(-c2ccc(F)c(F)c2)n1)C1CC1. The van der Waals surface area contributed by atoms with Gasteiger partial charge in [-0.3, -0.25) is 0 Å². The van der Waals surface area contributed by atoms with Crippen LogP contribution in [0.2, 0.25) is 0 Å². The second-order valence-corrected chi connectivity index (χ2v) is 7.45. The van der Waals surface area contributed by atoms with Crippen molar-refractivity contribution >= 4 is 0 Å². The smallest absolute Gasteiger partial charge is 0.159 e. The van der Waals surface area contributed by atoms with Gasteiger partial charge in [0.1, 0.15) is 5.69 Å². The lowest BCUT2D eigenvalue weighted by Gasteiger charge is -2.24. The lowest BCUT2D eigenvalue weighted by atomic mass is 9.91. The summed E-state index contributed by atoms with van der Waals surface area (Å²) in [6, 6.07) is 4.78. The molecule has 6 heteroatoms. The summed E-state index contributed by atoms with van der Waals surface area (Å²) in [5, 5.41) is 13.5. The number of hydrogen-bond acceptors (Lipinski definition) is 3. The van der Waals surface area contributed by atoms with E-state index in [2.05, 4.69) is 10.3 Å². The predicted molar refractivity (Wildman–Crippen MR) is 94.2 cm³/mol. The molecule has 26 heavy (non-hydrogen) atoms. The van der Waals surface area contributed by atoms with Crippen molar-refractivity contribution in [2.24, 2.45) is 5.92 Å². The number of pyridine rings is 1. The van der Waals surface area contributed by atoms with E-state index in [0.717, 1.165) is 25.0 Å². The van der Waals surface area contributed by atoms with E-state index in [1.165, 1.54) is 19.9 Å². The number of aliphatic hydroxyl groups is 1. The molecule has 2 aromatic rings. The van der Waals surface area contributed by atoms with E-state index in [0.29, 0.717) is 18.2 Å². The molecule has 0 spiro atoms. The molecule has 1 saturated carbocycles. The summed E-state index contributed by atoms with van der Waals surface area (Å²) in [6.45, 7) is 3.66. The summed E-state index contributed by atoms with van der Waals surface area (Å²) in [5.74, 6) is -2.25. The van der Waals surface area contributed by atoms with E-state index in [4.69, 9.17) is 0 Å². The minimum atomic E-state index is -1.43. The molecule has 3 rings (SSSR count). The first-order valence-corrected chi connectivity index (χ1v) is 8.75. The number of aromatic nitrogens is 1. The highest BCUT2D eigenvalue weighted by molar-refractivity contribution is 5.62. The van der Waals surface area contributed by atoms with Crippen molar-refractivity contribution in [3.05, 3.63) is 53.0 Å². The first-order chi connectivity index (χ1) is 12.2. The molecular formula is C20H23F3N2O. The van der Waals surface area contributed by atoms with Crippen molar-refractivity contribution in [2.45, 2.75) is 38.2 Å². The molecule has 0 aliphatic heterocycles. The number of rotatable bonds is 6. The Labute approximate surface area is 151 Å². The van der Waals surface area contributed by atoms with E-state index in [9.17, 15) is 13.9 Å². The van der Waals surface area contributed by atoms with E-state index >= 15 is 4.39 Å². The number of hydrogen-bond donors (Lipinski definition) is 2. The normalized spacial score (nSPS) is 16.0. The van der Waals surface area contributed by atoms with E-state index < -0.39 is 23.1 Å². The standard InChI is InChI=1S/C20H23F3N2O/c1-20(2,26)14-9-17(13(10-24-3)11-4-5-11)25-19(18(14)23)12-6-7-15(21)16(22)8-12/h6-9,11,13,24,26H,4-5,10H2,1-3H3. The fourth-order valence-electron chi connectivity index (χ4n) is 3.25. The summed E-state index contributed by atoms with van der Waals surface area (Å²) in [5.41, 5.74) is -0.597. The molecule has 1 heterocycles. The van der Waals surface area contributed by atoms with Gasteiger partial charge in [0, 0.05) is 29.3 Å². The van der Waals surface area contributed by atoms with Crippen molar-refractivity contribution in [3.63, 3.8) is 0 Å². The molecule has 2 N–H and O–H groups in total. The Morgan fingerprint density at radius 3 is 2.42 bits per heavy atom. The lowest BCUT2D eigenvalue weighted by Crippen LogP contribution is -2.23. The van der Waals surface area contributed by atoms with Crippen LogP contribution >= 0.6 is 0 Å². The molecule has 1 fully saturated rings. The van der Waals surface area contributed by atoms with Gasteiger partial charge in [0.05, 0.1) is 5.60 Å². The minimum absolute atomic E-state index is 0.0692. The summed E-state index contributed by atoms with van der Waals surface area (Å²) in [6.07, 6.45) is 2.15. The van der Waals surface area contributed by atoms with Gasteiger partial charge in [-0.05, 0) is 63.9 Å². The Bertz CT molecular complexity index is 813. The highest BCUT2D eigenvalue weighted by Gasteiger charge is 2.35. The molecule has 1 aliphatic rings. The molecule has 1 aliphatic carbocycles. The van der Waals surface area contributed by atoms with Crippen LogP contribution in [0.4, 0.5) is 13.2 Å². The van der Waals surface area contributed by atoms with Crippen molar-refractivity contribution in [3.8, 4) is 11.3 Å². The third kappa shape index (κ3) is 3.76. The van der Waals surface area contributed by atoms with Gasteiger partial charge < -0.3 is 10.4 Å². The highest BCUT2D eigenvalue weighted by Crippen LogP contribution is 2.43. The zero-order valence-corrected chi connectivity index (χ0v) is 15.1. The van der Waals surface area contributed by atoms with Crippen molar-refractivity contribution in [1.29, 1.82) is 0 Å². The molecule has 0 amide bonds. The van der Waals surface area contributed by atoms with Crippen LogP contribution in [0.3, 0.4) is 0 Å². The Morgan fingerprint density at radius 1 is 1.19 bits per heavy atom. The van der Waals surface area contributed by atoms with Crippen molar-refractivity contribution in [2.75, 3.05) is 13.6 Å². The van der Waals surface area contributed by atoms with Gasteiger partial charge >= 0.3 is 0 Å². The molecular weight excluding hydrogens is 341 g/mol. The third-order valence-electron chi connectivity index (χ3n) is 4.82.